The summed E-state index contributed by atoms with van der Waals surface area (Å²) in [7, 11) is 0. The Bertz CT molecular complexity index is 905. The van der Waals surface area contributed by atoms with Crippen LogP contribution in [0, 0.1) is 0 Å². The Kier molecular flexibility index (Phi) is 3.40. The molecule has 0 radical (unpaired) electrons. The molecule has 0 saturated heterocycles. The third-order valence-electron chi connectivity index (χ3n) is 5.37. The molecule has 2 heterocycles. The molecule has 2 aliphatic carbocycles. The van der Waals surface area contributed by atoms with Crippen molar-refractivity contribution in [1.29, 1.82) is 0 Å². The van der Waals surface area contributed by atoms with E-state index in [1.54, 1.807) is 6.21 Å². The van der Waals surface area contributed by atoms with E-state index in [1.165, 1.54) is 11.1 Å². The molecule has 0 N–H and O–H groups in total. The van der Waals surface area contributed by atoms with Crippen molar-refractivity contribution in [2.45, 2.75) is 43.9 Å². The Morgan fingerprint density at radius 3 is 2.96 bits per heavy atom. The lowest BCUT2D eigenvalue weighted by atomic mass is 9.93. The van der Waals surface area contributed by atoms with Crippen molar-refractivity contribution in [3.05, 3.63) is 46.9 Å². The highest BCUT2D eigenvalue weighted by Crippen LogP contribution is 2.41. The minimum atomic E-state index is 0.204. The summed E-state index contributed by atoms with van der Waals surface area (Å²) in [4.78, 5) is 21.0. The number of fused-ring (bicyclic) bond motifs is 1. The smallest absolute Gasteiger partial charge is 0.230 e. The van der Waals surface area contributed by atoms with Gasteiger partial charge in [-0.05, 0) is 48.8 Å². The molecule has 3 aliphatic rings. The summed E-state index contributed by atoms with van der Waals surface area (Å²) < 4.78 is 5.37. The number of nitrogens with zero attached hydrogens (tertiary/aromatic N) is 3. The Labute approximate surface area is 145 Å². The maximum absolute atomic E-state index is 12.4. The van der Waals surface area contributed by atoms with E-state index in [4.69, 9.17) is 4.52 Å². The van der Waals surface area contributed by atoms with Gasteiger partial charge in [-0.2, -0.15) is 4.98 Å². The number of aliphatic imine (C=N–C) groups is 1. The van der Waals surface area contributed by atoms with E-state index in [1.807, 2.05) is 6.08 Å². The lowest BCUT2D eigenvalue weighted by molar-refractivity contribution is -0.115. The van der Waals surface area contributed by atoms with Gasteiger partial charge in [-0.25, -0.2) is 0 Å². The van der Waals surface area contributed by atoms with Crippen LogP contribution in [-0.4, -0.2) is 28.7 Å². The summed E-state index contributed by atoms with van der Waals surface area (Å²) in [5.41, 5.74) is 4.37. The predicted molar refractivity (Wildman–Crippen MR) is 93.8 cm³/mol. The standard InChI is InChI=1S/C20H19N3O2/c24-18(16-7-8-21-11-16)10-14-4-3-13-9-15(5-6-17(13)14)19-22-20(25-23-19)12-1-2-12/h5-7,9,11-12,14H,1-4,8,10H2/t14-/m0/s1. The predicted octanol–water partition coefficient (Wildman–Crippen LogP) is 3.61. The lowest BCUT2D eigenvalue weighted by Crippen LogP contribution is -2.07. The molecule has 5 nitrogen and oxygen atoms in total. The number of carbonyl (C=O) groups excluding carboxylic acids is 1. The quantitative estimate of drug-likeness (QED) is 0.838. The number of ketones is 1. The molecule has 1 fully saturated rings. The van der Waals surface area contributed by atoms with Crippen molar-refractivity contribution in [1.82, 2.24) is 10.1 Å². The first-order chi connectivity index (χ1) is 12.3. The highest BCUT2D eigenvalue weighted by molar-refractivity contribution is 6.14. The number of allylic oxidation sites excluding steroid dienone is 1. The molecule has 0 spiro atoms. The fourth-order valence-electron chi connectivity index (χ4n) is 3.79. The van der Waals surface area contributed by atoms with Crippen LogP contribution >= 0.6 is 0 Å². The first-order valence-electron chi connectivity index (χ1n) is 8.98. The molecule has 25 heavy (non-hydrogen) atoms. The van der Waals surface area contributed by atoms with Gasteiger partial charge >= 0.3 is 0 Å². The molecule has 1 aliphatic heterocycles. The first kappa shape index (κ1) is 14.8. The Hall–Kier alpha value is -2.56. The van der Waals surface area contributed by atoms with Gasteiger partial charge in [0.25, 0.3) is 0 Å². The second-order valence-corrected chi connectivity index (χ2v) is 7.16. The summed E-state index contributed by atoms with van der Waals surface area (Å²) in [5, 5.41) is 4.13. The van der Waals surface area contributed by atoms with Crippen LogP contribution in [0.2, 0.25) is 0 Å². The topological polar surface area (TPSA) is 68.3 Å². The van der Waals surface area contributed by atoms with Gasteiger partial charge in [0.2, 0.25) is 11.7 Å². The fourth-order valence-corrected chi connectivity index (χ4v) is 3.79. The van der Waals surface area contributed by atoms with E-state index in [0.717, 1.165) is 42.7 Å². The van der Waals surface area contributed by atoms with E-state index < -0.39 is 0 Å². The SMILES string of the molecule is O=C(C[C@@H]1CCc2cc(-c3noc(C4CC4)n3)ccc21)C1=CCN=C1. The van der Waals surface area contributed by atoms with Crippen LogP contribution in [0.5, 0.6) is 0 Å². The first-order valence-corrected chi connectivity index (χ1v) is 8.98. The van der Waals surface area contributed by atoms with E-state index in [0.29, 0.717) is 30.6 Å². The lowest BCUT2D eigenvalue weighted by Gasteiger charge is -2.11. The van der Waals surface area contributed by atoms with Gasteiger partial charge in [0.15, 0.2) is 5.78 Å². The molecule has 0 bridgehead atoms. The molecule has 1 aromatic carbocycles. The van der Waals surface area contributed by atoms with E-state index in [2.05, 4.69) is 33.3 Å². The van der Waals surface area contributed by atoms with Crippen molar-refractivity contribution in [3.63, 3.8) is 0 Å². The fraction of sp³-hybridized carbons (Fsp3) is 0.400. The third kappa shape index (κ3) is 2.73. The molecule has 0 amide bonds. The maximum atomic E-state index is 12.4. The number of aryl methyl sites for hydroxylation is 1. The van der Waals surface area contributed by atoms with Crippen LogP contribution in [0.25, 0.3) is 11.4 Å². The van der Waals surface area contributed by atoms with Crippen LogP contribution in [0.3, 0.4) is 0 Å². The van der Waals surface area contributed by atoms with E-state index in [9.17, 15) is 4.79 Å². The van der Waals surface area contributed by atoms with Gasteiger partial charge in [-0.15, -0.1) is 0 Å². The van der Waals surface area contributed by atoms with Crippen molar-refractivity contribution in [2.75, 3.05) is 6.54 Å². The van der Waals surface area contributed by atoms with Crippen LogP contribution in [0.4, 0.5) is 0 Å². The number of benzene rings is 1. The molecule has 126 valence electrons. The largest absolute Gasteiger partial charge is 0.339 e. The van der Waals surface area contributed by atoms with Gasteiger partial charge in [0.1, 0.15) is 0 Å². The molecule has 5 heteroatoms. The van der Waals surface area contributed by atoms with Gasteiger partial charge < -0.3 is 4.52 Å². The normalized spacial score (nSPS) is 21.4. The molecule has 5 rings (SSSR count). The molecule has 1 atom stereocenters. The van der Waals surface area contributed by atoms with E-state index in [-0.39, 0.29) is 5.78 Å². The van der Waals surface area contributed by atoms with Gasteiger partial charge in [0.05, 0.1) is 6.54 Å². The number of Topliss-reactive ketones (excluding diaryl/α,β-unsaturated/α-hetero) is 1. The third-order valence-corrected chi connectivity index (χ3v) is 5.37. The van der Waals surface area contributed by atoms with Crippen molar-refractivity contribution in [2.24, 2.45) is 4.99 Å². The molecule has 2 aromatic rings. The highest BCUT2D eigenvalue weighted by Gasteiger charge is 2.30. The Morgan fingerprint density at radius 1 is 1.24 bits per heavy atom. The van der Waals surface area contributed by atoms with Crippen LogP contribution < -0.4 is 0 Å². The zero-order valence-electron chi connectivity index (χ0n) is 13.9. The van der Waals surface area contributed by atoms with Crippen LogP contribution in [-0.2, 0) is 11.2 Å². The summed E-state index contributed by atoms with van der Waals surface area (Å²) in [6, 6.07) is 6.36. The molecular weight excluding hydrogens is 314 g/mol. The second kappa shape index (κ2) is 5.76. The molecule has 1 saturated carbocycles. The highest BCUT2D eigenvalue weighted by atomic mass is 16.5. The number of aromatic nitrogens is 2. The van der Waals surface area contributed by atoms with Gasteiger partial charge in [-0.3, -0.25) is 9.79 Å². The summed E-state index contributed by atoms with van der Waals surface area (Å²) in [5.74, 6) is 2.43. The number of carbonyl (C=O) groups is 1. The van der Waals surface area contributed by atoms with Crippen LogP contribution in [0.15, 0.2) is 39.4 Å². The van der Waals surface area contributed by atoms with Gasteiger partial charge in [0, 0.05) is 29.7 Å². The van der Waals surface area contributed by atoms with Crippen molar-refractivity contribution >= 4 is 12.0 Å². The maximum Gasteiger partial charge on any atom is 0.230 e. The zero-order chi connectivity index (χ0) is 16.8. The minimum absolute atomic E-state index is 0.204. The summed E-state index contributed by atoms with van der Waals surface area (Å²) >= 11 is 0. The van der Waals surface area contributed by atoms with Crippen molar-refractivity contribution < 1.29 is 9.32 Å². The van der Waals surface area contributed by atoms with E-state index >= 15 is 0 Å². The van der Waals surface area contributed by atoms with Crippen molar-refractivity contribution in [3.8, 4) is 11.4 Å². The molecule has 1 aromatic heterocycles. The molecular formula is C20H19N3O2. The minimum Gasteiger partial charge on any atom is -0.339 e. The average molecular weight is 333 g/mol. The number of rotatable bonds is 5. The number of hydrogen-bond acceptors (Lipinski definition) is 5. The average Bonchev–Trinajstić information content (AvgIpc) is 3.08. The van der Waals surface area contributed by atoms with Gasteiger partial charge in [-0.1, -0.05) is 23.4 Å². The Morgan fingerprint density at radius 2 is 2.16 bits per heavy atom. The molecule has 0 unspecified atom stereocenters. The summed E-state index contributed by atoms with van der Waals surface area (Å²) in [6.45, 7) is 0.638. The Balaban J connectivity index is 1.36. The number of hydrogen-bond donors (Lipinski definition) is 0. The monoisotopic (exact) mass is 333 g/mol. The second-order valence-electron chi connectivity index (χ2n) is 7.16. The van der Waals surface area contributed by atoms with Crippen LogP contribution in [0.1, 0.15) is 54.5 Å². The summed E-state index contributed by atoms with van der Waals surface area (Å²) in [6.07, 6.45) is 8.52. The zero-order valence-corrected chi connectivity index (χ0v) is 13.9.